The number of nitrogens with zero attached hydrogens (tertiary/aromatic N) is 2. The minimum atomic E-state index is -3.83. The minimum Gasteiger partial charge on any atom is -0.325 e. The van der Waals surface area contributed by atoms with Crippen LogP contribution in [0.4, 0.5) is 11.6 Å². The van der Waals surface area contributed by atoms with Crippen molar-refractivity contribution in [2.24, 2.45) is 0 Å². The summed E-state index contributed by atoms with van der Waals surface area (Å²) in [7, 11) is -3.83. The minimum absolute atomic E-state index is 0.00980. The van der Waals surface area contributed by atoms with Gasteiger partial charge in [0.25, 0.3) is 10.0 Å². The van der Waals surface area contributed by atoms with Gasteiger partial charge in [0.15, 0.2) is 0 Å². The lowest BCUT2D eigenvalue weighted by Gasteiger charge is -2.13. The summed E-state index contributed by atoms with van der Waals surface area (Å²) in [5.41, 5.74) is 0.510. The highest BCUT2D eigenvalue weighted by atomic mass is 32.2. The van der Waals surface area contributed by atoms with Crippen LogP contribution < -0.4 is 10.0 Å². The van der Waals surface area contributed by atoms with E-state index in [1.54, 1.807) is 18.2 Å². The number of hydrogen-bond donors (Lipinski definition) is 2. The number of rotatable bonds is 7. The van der Waals surface area contributed by atoms with Crippen molar-refractivity contribution in [3.8, 4) is 0 Å². The van der Waals surface area contributed by atoms with Crippen molar-refractivity contribution in [1.29, 1.82) is 0 Å². The van der Waals surface area contributed by atoms with E-state index < -0.39 is 10.0 Å². The van der Waals surface area contributed by atoms with Gasteiger partial charge in [0.1, 0.15) is 0 Å². The van der Waals surface area contributed by atoms with E-state index in [1.807, 2.05) is 43.3 Å². The van der Waals surface area contributed by atoms with Crippen LogP contribution in [0, 0.1) is 0 Å². The number of benzene rings is 3. The van der Waals surface area contributed by atoms with Crippen molar-refractivity contribution in [1.82, 2.24) is 9.97 Å². The number of nitrogens with one attached hydrogen (secondary N) is 2. The first-order valence-electron chi connectivity index (χ1n) is 9.77. The summed E-state index contributed by atoms with van der Waals surface area (Å²) in [4.78, 5) is 21.4. The zero-order valence-electron chi connectivity index (χ0n) is 17.1. The van der Waals surface area contributed by atoms with E-state index in [1.165, 1.54) is 36.3 Å². The van der Waals surface area contributed by atoms with Gasteiger partial charge >= 0.3 is 0 Å². The van der Waals surface area contributed by atoms with Crippen LogP contribution in [-0.2, 0) is 14.8 Å². The van der Waals surface area contributed by atoms with E-state index >= 15 is 0 Å². The summed E-state index contributed by atoms with van der Waals surface area (Å²) in [5.74, 6) is -0.181. The van der Waals surface area contributed by atoms with E-state index in [9.17, 15) is 13.2 Å². The van der Waals surface area contributed by atoms with Gasteiger partial charge in [-0.25, -0.2) is 23.1 Å². The van der Waals surface area contributed by atoms with Crippen LogP contribution in [0.3, 0.4) is 0 Å². The number of hydrogen-bond acceptors (Lipinski definition) is 6. The monoisotopic (exact) mass is 464 g/mol. The summed E-state index contributed by atoms with van der Waals surface area (Å²) in [6.07, 6.45) is 2.89. The molecule has 0 fully saturated rings. The average molecular weight is 465 g/mol. The maximum Gasteiger partial charge on any atom is 0.264 e. The molecule has 0 saturated heterocycles. The van der Waals surface area contributed by atoms with Crippen LogP contribution in [0.15, 0.2) is 95.0 Å². The van der Waals surface area contributed by atoms with E-state index in [0.29, 0.717) is 5.69 Å². The van der Waals surface area contributed by atoms with Crippen molar-refractivity contribution in [3.05, 3.63) is 85.2 Å². The highest BCUT2D eigenvalue weighted by molar-refractivity contribution is 8.00. The van der Waals surface area contributed by atoms with Crippen LogP contribution in [0.25, 0.3) is 10.8 Å². The molecule has 1 atom stereocenters. The van der Waals surface area contributed by atoms with Gasteiger partial charge in [-0.15, -0.1) is 11.8 Å². The maximum absolute atomic E-state index is 12.6. The second-order valence-electron chi connectivity index (χ2n) is 6.96. The molecule has 1 unspecified atom stereocenters. The zero-order valence-corrected chi connectivity index (χ0v) is 18.7. The predicted molar refractivity (Wildman–Crippen MR) is 127 cm³/mol. The Kier molecular flexibility index (Phi) is 6.38. The van der Waals surface area contributed by atoms with Gasteiger partial charge in [-0.3, -0.25) is 4.79 Å². The van der Waals surface area contributed by atoms with Crippen LogP contribution in [-0.4, -0.2) is 29.5 Å². The van der Waals surface area contributed by atoms with Crippen molar-refractivity contribution in [2.75, 3.05) is 10.0 Å². The Bertz CT molecular complexity index is 1340. The van der Waals surface area contributed by atoms with E-state index in [-0.39, 0.29) is 22.0 Å². The van der Waals surface area contributed by atoms with Gasteiger partial charge in [0, 0.05) is 23.0 Å². The Morgan fingerprint density at radius 1 is 0.906 bits per heavy atom. The molecule has 0 bridgehead atoms. The molecule has 1 amide bonds. The van der Waals surface area contributed by atoms with Crippen molar-refractivity contribution >= 4 is 50.1 Å². The fourth-order valence-corrected chi connectivity index (χ4v) is 4.86. The Morgan fingerprint density at radius 3 is 2.31 bits per heavy atom. The molecule has 162 valence electrons. The lowest BCUT2D eigenvalue weighted by Crippen LogP contribution is -2.22. The molecule has 0 aliphatic carbocycles. The quantitative estimate of drug-likeness (QED) is 0.389. The molecule has 4 aromatic rings. The third-order valence-electron chi connectivity index (χ3n) is 4.63. The fraction of sp³-hybridized carbons (Fsp3) is 0.0870. The van der Waals surface area contributed by atoms with E-state index in [4.69, 9.17) is 0 Å². The fourth-order valence-electron chi connectivity index (χ4n) is 2.99. The lowest BCUT2D eigenvalue weighted by molar-refractivity contribution is -0.115. The zero-order chi connectivity index (χ0) is 22.6. The standard InChI is InChI=1S/C23H20N4O3S2/c1-16(31-20-10-7-17-5-2-3-6-18(17)15-20)22(28)26-19-8-11-21(12-9-19)32(29,30)27-23-24-13-4-14-25-23/h2-16H,1H3,(H,26,28)(H,24,25,27). The number of anilines is 2. The molecule has 0 saturated carbocycles. The molecule has 3 aromatic carbocycles. The van der Waals surface area contributed by atoms with Crippen LogP contribution >= 0.6 is 11.8 Å². The number of fused-ring (bicyclic) bond motifs is 1. The molecule has 1 aromatic heterocycles. The first-order valence-corrected chi connectivity index (χ1v) is 12.1. The van der Waals surface area contributed by atoms with Crippen molar-refractivity contribution < 1.29 is 13.2 Å². The van der Waals surface area contributed by atoms with Crippen LogP contribution in [0.2, 0.25) is 0 Å². The SMILES string of the molecule is CC(Sc1ccc2ccccc2c1)C(=O)Nc1ccc(S(=O)(=O)Nc2ncccn2)cc1. The molecule has 32 heavy (non-hydrogen) atoms. The molecule has 0 aliphatic rings. The predicted octanol–water partition coefficient (Wildman–Crippen LogP) is 4.55. The Hall–Kier alpha value is -3.43. The molecule has 2 N–H and O–H groups in total. The van der Waals surface area contributed by atoms with Crippen molar-refractivity contribution in [2.45, 2.75) is 22.0 Å². The topological polar surface area (TPSA) is 101 Å². The number of carbonyl (C=O) groups excluding carboxylic acids is 1. The second kappa shape index (κ2) is 9.37. The molecule has 1 heterocycles. The highest BCUT2D eigenvalue weighted by Gasteiger charge is 2.17. The molecule has 0 aliphatic heterocycles. The van der Waals surface area contributed by atoms with E-state index in [0.717, 1.165) is 15.7 Å². The number of sulfonamides is 1. The van der Waals surface area contributed by atoms with Gasteiger partial charge in [0.05, 0.1) is 10.1 Å². The maximum atomic E-state index is 12.6. The Morgan fingerprint density at radius 2 is 1.59 bits per heavy atom. The molecule has 4 rings (SSSR count). The van der Waals surface area contributed by atoms with Crippen molar-refractivity contribution in [3.63, 3.8) is 0 Å². The van der Waals surface area contributed by atoms with Crippen LogP contribution in [0.5, 0.6) is 0 Å². The smallest absolute Gasteiger partial charge is 0.264 e. The summed E-state index contributed by atoms with van der Waals surface area (Å²) < 4.78 is 27.2. The first kappa shape index (κ1) is 21.8. The summed E-state index contributed by atoms with van der Waals surface area (Å²) >= 11 is 1.46. The third kappa shape index (κ3) is 5.24. The van der Waals surface area contributed by atoms with E-state index in [2.05, 4.69) is 26.1 Å². The average Bonchev–Trinajstić information content (AvgIpc) is 2.79. The van der Waals surface area contributed by atoms with Gasteiger partial charge in [-0.2, -0.15) is 0 Å². The summed E-state index contributed by atoms with van der Waals surface area (Å²) in [6, 6.07) is 21.7. The molecular formula is C23H20N4O3S2. The van der Waals surface area contributed by atoms with Gasteiger partial charge < -0.3 is 5.32 Å². The van der Waals surface area contributed by atoms with Crippen LogP contribution in [0.1, 0.15) is 6.92 Å². The van der Waals surface area contributed by atoms with Gasteiger partial charge in [0.2, 0.25) is 11.9 Å². The number of amides is 1. The highest BCUT2D eigenvalue weighted by Crippen LogP contribution is 2.28. The molecule has 9 heteroatoms. The normalized spacial score (nSPS) is 12.3. The first-order chi connectivity index (χ1) is 15.4. The Balaban J connectivity index is 1.39. The molecular weight excluding hydrogens is 444 g/mol. The number of carbonyl (C=O) groups is 1. The van der Waals surface area contributed by atoms with Gasteiger partial charge in [-0.1, -0.05) is 30.3 Å². The Labute approximate surface area is 190 Å². The van der Waals surface area contributed by atoms with Gasteiger partial charge in [-0.05, 0) is 60.2 Å². The third-order valence-corrected chi connectivity index (χ3v) is 7.06. The summed E-state index contributed by atoms with van der Waals surface area (Å²) in [5, 5.41) is 4.76. The molecule has 7 nitrogen and oxygen atoms in total. The summed E-state index contributed by atoms with van der Waals surface area (Å²) in [6.45, 7) is 1.83. The second-order valence-corrected chi connectivity index (χ2v) is 10.1. The molecule has 0 spiro atoms. The number of aromatic nitrogens is 2. The molecule has 0 radical (unpaired) electrons. The lowest BCUT2D eigenvalue weighted by atomic mass is 10.1. The number of thioether (sulfide) groups is 1. The largest absolute Gasteiger partial charge is 0.325 e.